The van der Waals surface area contributed by atoms with Gasteiger partial charge in [0.25, 0.3) is 5.91 Å². The molecule has 1 aromatic heterocycles. The average Bonchev–Trinajstić information content (AvgIpc) is 2.54. The van der Waals surface area contributed by atoms with Crippen molar-refractivity contribution in [3.8, 4) is 5.75 Å². The number of rotatable bonds is 7. The first kappa shape index (κ1) is 16.0. The standard InChI is InChI=1S/C17H20N2O3/c1-13(11-21-2)19-17(20)15-3-5-16(6-4-15)22-12-14-7-9-18-10-8-14/h3-10,13H,11-12H2,1-2H3,(H,19,20)/t13-/m1/s1. The molecule has 0 unspecified atom stereocenters. The van der Waals surface area contributed by atoms with E-state index in [0.29, 0.717) is 18.8 Å². The second-order valence-corrected chi connectivity index (χ2v) is 5.00. The van der Waals surface area contributed by atoms with Gasteiger partial charge in [0.15, 0.2) is 0 Å². The van der Waals surface area contributed by atoms with Crippen LogP contribution in [0.25, 0.3) is 0 Å². The van der Waals surface area contributed by atoms with Crippen LogP contribution < -0.4 is 10.1 Å². The minimum Gasteiger partial charge on any atom is -0.489 e. The summed E-state index contributed by atoms with van der Waals surface area (Å²) in [6, 6.07) is 10.8. The van der Waals surface area contributed by atoms with Gasteiger partial charge in [0.05, 0.1) is 6.61 Å². The van der Waals surface area contributed by atoms with Crippen LogP contribution in [-0.2, 0) is 11.3 Å². The summed E-state index contributed by atoms with van der Waals surface area (Å²) < 4.78 is 10.7. The van der Waals surface area contributed by atoms with Crippen molar-refractivity contribution in [2.75, 3.05) is 13.7 Å². The Morgan fingerprint density at radius 1 is 1.18 bits per heavy atom. The van der Waals surface area contributed by atoms with E-state index >= 15 is 0 Å². The van der Waals surface area contributed by atoms with E-state index in [9.17, 15) is 4.79 Å². The lowest BCUT2D eigenvalue weighted by Gasteiger charge is -2.13. The quantitative estimate of drug-likeness (QED) is 0.853. The Balaban J connectivity index is 1.88. The molecule has 5 nitrogen and oxygen atoms in total. The molecule has 2 rings (SSSR count). The van der Waals surface area contributed by atoms with Crippen LogP contribution in [0.3, 0.4) is 0 Å². The molecule has 0 bridgehead atoms. The van der Waals surface area contributed by atoms with Gasteiger partial charge in [-0.1, -0.05) is 0 Å². The molecule has 1 amide bonds. The minimum atomic E-state index is -0.120. The Labute approximate surface area is 130 Å². The maximum absolute atomic E-state index is 12.0. The number of carbonyl (C=O) groups is 1. The summed E-state index contributed by atoms with van der Waals surface area (Å²) >= 11 is 0. The maximum atomic E-state index is 12.0. The van der Waals surface area contributed by atoms with Crippen molar-refractivity contribution in [2.24, 2.45) is 0 Å². The summed E-state index contributed by atoms with van der Waals surface area (Å²) in [4.78, 5) is 16.0. The fourth-order valence-corrected chi connectivity index (χ4v) is 1.95. The largest absolute Gasteiger partial charge is 0.489 e. The second-order valence-electron chi connectivity index (χ2n) is 5.00. The smallest absolute Gasteiger partial charge is 0.251 e. The van der Waals surface area contributed by atoms with E-state index in [1.54, 1.807) is 43.8 Å². The van der Waals surface area contributed by atoms with Crippen LogP contribution in [0.15, 0.2) is 48.8 Å². The maximum Gasteiger partial charge on any atom is 0.251 e. The van der Waals surface area contributed by atoms with Crippen molar-refractivity contribution in [2.45, 2.75) is 19.6 Å². The molecule has 0 fully saturated rings. The van der Waals surface area contributed by atoms with Gasteiger partial charge in [0, 0.05) is 31.1 Å². The number of ether oxygens (including phenoxy) is 2. The molecular formula is C17H20N2O3. The van der Waals surface area contributed by atoms with Gasteiger partial charge in [-0.3, -0.25) is 9.78 Å². The summed E-state index contributed by atoms with van der Waals surface area (Å²) in [5, 5.41) is 2.86. The molecule has 2 aromatic rings. The van der Waals surface area contributed by atoms with E-state index in [-0.39, 0.29) is 11.9 Å². The van der Waals surface area contributed by atoms with Crippen LogP contribution >= 0.6 is 0 Å². The first-order valence-corrected chi connectivity index (χ1v) is 7.10. The van der Waals surface area contributed by atoms with E-state index in [1.807, 2.05) is 19.1 Å². The second kappa shape index (κ2) is 8.14. The summed E-state index contributed by atoms with van der Waals surface area (Å²) in [6.45, 7) is 2.85. The average molecular weight is 300 g/mol. The summed E-state index contributed by atoms with van der Waals surface area (Å²) in [5.41, 5.74) is 1.64. The molecule has 0 spiro atoms. The molecule has 116 valence electrons. The third-order valence-electron chi connectivity index (χ3n) is 3.07. The third kappa shape index (κ3) is 4.86. The van der Waals surface area contributed by atoms with Crippen LogP contribution in [0, 0.1) is 0 Å². The van der Waals surface area contributed by atoms with Crippen molar-refractivity contribution in [3.63, 3.8) is 0 Å². The predicted octanol–water partition coefficient (Wildman–Crippen LogP) is 2.43. The number of nitrogens with zero attached hydrogens (tertiary/aromatic N) is 1. The fraction of sp³-hybridized carbons (Fsp3) is 0.294. The van der Waals surface area contributed by atoms with Gasteiger partial charge < -0.3 is 14.8 Å². The van der Waals surface area contributed by atoms with Crippen molar-refractivity contribution >= 4 is 5.91 Å². The van der Waals surface area contributed by atoms with E-state index in [4.69, 9.17) is 9.47 Å². The highest BCUT2D eigenvalue weighted by Crippen LogP contribution is 2.14. The highest BCUT2D eigenvalue weighted by atomic mass is 16.5. The molecule has 0 saturated heterocycles. The van der Waals surface area contributed by atoms with Crippen LogP contribution in [-0.4, -0.2) is 30.6 Å². The van der Waals surface area contributed by atoms with E-state index < -0.39 is 0 Å². The molecule has 5 heteroatoms. The minimum absolute atomic E-state index is 0.0277. The Bertz CT molecular complexity index is 585. The van der Waals surface area contributed by atoms with Gasteiger partial charge in [0.1, 0.15) is 12.4 Å². The van der Waals surface area contributed by atoms with Crippen molar-refractivity contribution in [3.05, 3.63) is 59.9 Å². The Morgan fingerprint density at radius 2 is 1.86 bits per heavy atom. The lowest BCUT2D eigenvalue weighted by molar-refractivity contribution is 0.0905. The van der Waals surface area contributed by atoms with Crippen LogP contribution in [0.5, 0.6) is 5.75 Å². The highest BCUT2D eigenvalue weighted by molar-refractivity contribution is 5.94. The molecule has 0 aliphatic rings. The summed E-state index contributed by atoms with van der Waals surface area (Å²) in [7, 11) is 1.61. The first-order valence-electron chi connectivity index (χ1n) is 7.10. The number of nitrogens with one attached hydrogen (secondary N) is 1. The molecule has 1 aromatic carbocycles. The van der Waals surface area contributed by atoms with Gasteiger partial charge in [-0.05, 0) is 48.9 Å². The van der Waals surface area contributed by atoms with Gasteiger partial charge >= 0.3 is 0 Å². The summed E-state index contributed by atoms with van der Waals surface area (Å²) in [5.74, 6) is 0.600. The van der Waals surface area contributed by atoms with Gasteiger partial charge in [-0.2, -0.15) is 0 Å². The zero-order valence-electron chi connectivity index (χ0n) is 12.8. The Morgan fingerprint density at radius 3 is 2.50 bits per heavy atom. The van der Waals surface area contributed by atoms with Crippen molar-refractivity contribution < 1.29 is 14.3 Å². The normalized spacial score (nSPS) is 11.7. The number of pyridine rings is 1. The van der Waals surface area contributed by atoms with Crippen LogP contribution in [0.4, 0.5) is 0 Å². The number of carbonyl (C=O) groups excluding carboxylic acids is 1. The number of amides is 1. The Hall–Kier alpha value is -2.40. The number of hydrogen-bond donors (Lipinski definition) is 1. The van der Waals surface area contributed by atoms with Gasteiger partial charge in [-0.15, -0.1) is 0 Å². The Kier molecular flexibility index (Phi) is 5.91. The molecule has 1 N–H and O–H groups in total. The first-order chi connectivity index (χ1) is 10.7. The van der Waals surface area contributed by atoms with Crippen molar-refractivity contribution in [1.82, 2.24) is 10.3 Å². The van der Waals surface area contributed by atoms with E-state index in [2.05, 4.69) is 10.3 Å². The molecule has 1 atom stereocenters. The molecule has 22 heavy (non-hydrogen) atoms. The van der Waals surface area contributed by atoms with Crippen molar-refractivity contribution in [1.29, 1.82) is 0 Å². The molecule has 0 aliphatic heterocycles. The lowest BCUT2D eigenvalue weighted by Crippen LogP contribution is -2.35. The molecule has 0 saturated carbocycles. The fourth-order valence-electron chi connectivity index (χ4n) is 1.95. The van der Waals surface area contributed by atoms with Crippen LogP contribution in [0.1, 0.15) is 22.8 Å². The van der Waals surface area contributed by atoms with Gasteiger partial charge in [-0.25, -0.2) is 0 Å². The van der Waals surface area contributed by atoms with E-state index in [1.165, 1.54) is 0 Å². The van der Waals surface area contributed by atoms with Crippen LogP contribution in [0.2, 0.25) is 0 Å². The monoisotopic (exact) mass is 300 g/mol. The summed E-state index contributed by atoms with van der Waals surface area (Å²) in [6.07, 6.45) is 3.46. The molecule has 0 aliphatic carbocycles. The van der Waals surface area contributed by atoms with E-state index in [0.717, 1.165) is 11.3 Å². The zero-order valence-corrected chi connectivity index (χ0v) is 12.8. The topological polar surface area (TPSA) is 60.5 Å². The van der Waals surface area contributed by atoms with Gasteiger partial charge in [0.2, 0.25) is 0 Å². The SMILES string of the molecule is COC[C@@H](C)NC(=O)c1ccc(OCc2ccncc2)cc1. The zero-order chi connectivity index (χ0) is 15.8. The number of benzene rings is 1. The number of hydrogen-bond acceptors (Lipinski definition) is 4. The molecule has 0 radical (unpaired) electrons. The highest BCUT2D eigenvalue weighted by Gasteiger charge is 2.09. The third-order valence-corrected chi connectivity index (χ3v) is 3.07. The number of methoxy groups -OCH3 is 1. The lowest BCUT2D eigenvalue weighted by atomic mass is 10.2. The molecular weight excluding hydrogens is 280 g/mol. The number of aromatic nitrogens is 1. The predicted molar refractivity (Wildman–Crippen MR) is 83.8 cm³/mol. The molecule has 1 heterocycles.